The Balaban J connectivity index is 2.21. The highest BCUT2D eigenvalue weighted by Crippen LogP contribution is 2.41. The monoisotopic (exact) mass is 199 g/mol. The van der Waals surface area contributed by atoms with Crippen LogP contribution in [0.1, 0.15) is 45.4 Å². The summed E-state index contributed by atoms with van der Waals surface area (Å²) >= 11 is 0. The van der Waals surface area contributed by atoms with Crippen LogP contribution in [-0.2, 0) is 4.74 Å². The molecule has 0 atom stereocenters. The van der Waals surface area contributed by atoms with Crippen molar-refractivity contribution in [2.45, 2.75) is 45.4 Å². The van der Waals surface area contributed by atoms with E-state index in [4.69, 9.17) is 4.74 Å². The highest BCUT2D eigenvalue weighted by molar-refractivity contribution is 4.86. The zero-order valence-corrected chi connectivity index (χ0v) is 9.77. The lowest BCUT2D eigenvalue weighted by Gasteiger charge is -2.28. The van der Waals surface area contributed by atoms with Gasteiger partial charge in [0.25, 0.3) is 0 Å². The topological polar surface area (TPSA) is 21.3 Å². The van der Waals surface area contributed by atoms with E-state index >= 15 is 0 Å². The normalized spacial score (nSPS) is 20.1. The summed E-state index contributed by atoms with van der Waals surface area (Å²) in [6, 6.07) is 0. The maximum absolute atomic E-state index is 5.40. The minimum absolute atomic E-state index is 0.603. The molecule has 0 bridgehead atoms. The summed E-state index contributed by atoms with van der Waals surface area (Å²) in [5.41, 5.74) is 0.603. The predicted molar refractivity (Wildman–Crippen MR) is 60.6 cm³/mol. The van der Waals surface area contributed by atoms with Gasteiger partial charge in [0.05, 0.1) is 0 Å². The second kappa shape index (κ2) is 6.41. The number of rotatable bonds is 7. The summed E-state index contributed by atoms with van der Waals surface area (Å²) in [5, 5.41) is 3.35. The second-order valence-corrected chi connectivity index (χ2v) is 4.54. The largest absolute Gasteiger partial charge is 0.382 e. The van der Waals surface area contributed by atoms with Crippen LogP contribution in [0.4, 0.5) is 0 Å². The first-order valence-corrected chi connectivity index (χ1v) is 6.05. The van der Waals surface area contributed by atoms with Gasteiger partial charge in [0.1, 0.15) is 0 Å². The Hall–Kier alpha value is -0.0800. The first-order chi connectivity index (χ1) is 6.83. The minimum atomic E-state index is 0.603. The van der Waals surface area contributed by atoms with Crippen LogP contribution in [0.3, 0.4) is 0 Å². The Morgan fingerprint density at radius 3 is 2.57 bits per heavy atom. The second-order valence-electron chi connectivity index (χ2n) is 4.54. The fourth-order valence-electron chi connectivity index (χ4n) is 2.71. The van der Waals surface area contributed by atoms with E-state index in [9.17, 15) is 0 Å². The SMILES string of the molecule is CCOCCCC1(CNC)CCCC1. The first-order valence-electron chi connectivity index (χ1n) is 6.05. The van der Waals surface area contributed by atoms with E-state index in [2.05, 4.69) is 19.3 Å². The van der Waals surface area contributed by atoms with E-state index in [0.29, 0.717) is 5.41 Å². The summed E-state index contributed by atoms with van der Waals surface area (Å²) in [6.45, 7) is 5.07. The third-order valence-electron chi connectivity index (χ3n) is 3.42. The van der Waals surface area contributed by atoms with Crippen molar-refractivity contribution in [2.75, 3.05) is 26.8 Å². The minimum Gasteiger partial charge on any atom is -0.382 e. The molecule has 1 saturated carbocycles. The fraction of sp³-hybridized carbons (Fsp3) is 1.00. The summed E-state index contributed by atoms with van der Waals surface area (Å²) in [5.74, 6) is 0. The van der Waals surface area contributed by atoms with E-state index in [-0.39, 0.29) is 0 Å². The molecule has 0 amide bonds. The molecule has 84 valence electrons. The molecule has 14 heavy (non-hydrogen) atoms. The molecule has 0 aromatic rings. The Labute approximate surface area is 88.4 Å². The van der Waals surface area contributed by atoms with Crippen LogP contribution in [-0.4, -0.2) is 26.8 Å². The van der Waals surface area contributed by atoms with Gasteiger partial charge in [-0.3, -0.25) is 0 Å². The van der Waals surface area contributed by atoms with Crippen molar-refractivity contribution in [2.24, 2.45) is 5.41 Å². The molecular weight excluding hydrogens is 174 g/mol. The lowest BCUT2D eigenvalue weighted by molar-refractivity contribution is 0.127. The smallest absolute Gasteiger partial charge is 0.0466 e. The van der Waals surface area contributed by atoms with Crippen molar-refractivity contribution >= 4 is 0 Å². The van der Waals surface area contributed by atoms with E-state index in [1.807, 2.05) is 0 Å². The van der Waals surface area contributed by atoms with Gasteiger partial charge in [-0.15, -0.1) is 0 Å². The molecule has 0 aromatic heterocycles. The highest BCUT2D eigenvalue weighted by Gasteiger charge is 2.32. The standard InChI is InChI=1S/C12H25NO/c1-3-14-10-6-9-12(11-13-2)7-4-5-8-12/h13H,3-11H2,1-2H3. The molecule has 2 heteroatoms. The van der Waals surface area contributed by atoms with Crippen LogP contribution in [0.15, 0.2) is 0 Å². The first kappa shape index (κ1) is 12.0. The molecule has 0 aliphatic heterocycles. The molecule has 1 aliphatic rings. The molecule has 1 aliphatic carbocycles. The summed E-state index contributed by atoms with van der Waals surface area (Å²) in [4.78, 5) is 0. The fourth-order valence-corrected chi connectivity index (χ4v) is 2.71. The van der Waals surface area contributed by atoms with Gasteiger partial charge in [0.15, 0.2) is 0 Å². The van der Waals surface area contributed by atoms with E-state index in [1.54, 1.807) is 0 Å². The highest BCUT2D eigenvalue weighted by atomic mass is 16.5. The van der Waals surface area contributed by atoms with Crippen LogP contribution < -0.4 is 5.32 Å². The van der Waals surface area contributed by atoms with Crippen LogP contribution in [0.25, 0.3) is 0 Å². The summed E-state index contributed by atoms with van der Waals surface area (Å²) in [7, 11) is 2.07. The van der Waals surface area contributed by atoms with Gasteiger partial charge in [0.2, 0.25) is 0 Å². The lowest BCUT2D eigenvalue weighted by atomic mass is 9.81. The Morgan fingerprint density at radius 1 is 1.29 bits per heavy atom. The van der Waals surface area contributed by atoms with Gasteiger partial charge in [-0.25, -0.2) is 0 Å². The summed E-state index contributed by atoms with van der Waals surface area (Å²) in [6.07, 6.45) is 8.26. The van der Waals surface area contributed by atoms with Crippen molar-refractivity contribution in [3.8, 4) is 0 Å². The molecule has 0 spiro atoms. The van der Waals surface area contributed by atoms with E-state index in [0.717, 1.165) is 13.2 Å². The maximum atomic E-state index is 5.40. The molecular formula is C12H25NO. The van der Waals surface area contributed by atoms with Crippen molar-refractivity contribution in [3.63, 3.8) is 0 Å². The molecule has 0 heterocycles. The third-order valence-corrected chi connectivity index (χ3v) is 3.42. The zero-order chi connectivity index (χ0) is 10.3. The van der Waals surface area contributed by atoms with Gasteiger partial charge in [-0.1, -0.05) is 12.8 Å². The van der Waals surface area contributed by atoms with Crippen molar-refractivity contribution < 1.29 is 4.74 Å². The van der Waals surface area contributed by atoms with Gasteiger partial charge >= 0.3 is 0 Å². The van der Waals surface area contributed by atoms with E-state index in [1.165, 1.54) is 45.1 Å². The van der Waals surface area contributed by atoms with Gasteiger partial charge in [-0.2, -0.15) is 0 Å². The quantitative estimate of drug-likeness (QED) is 0.636. The zero-order valence-electron chi connectivity index (χ0n) is 9.77. The average molecular weight is 199 g/mol. The lowest BCUT2D eigenvalue weighted by Crippen LogP contribution is -2.30. The number of ether oxygens (including phenoxy) is 1. The number of hydrogen-bond acceptors (Lipinski definition) is 2. The third kappa shape index (κ3) is 3.58. The molecule has 2 nitrogen and oxygen atoms in total. The summed E-state index contributed by atoms with van der Waals surface area (Å²) < 4.78 is 5.40. The van der Waals surface area contributed by atoms with Crippen molar-refractivity contribution in [1.82, 2.24) is 5.32 Å². The Morgan fingerprint density at radius 2 is 2.00 bits per heavy atom. The van der Waals surface area contributed by atoms with Gasteiger partial charge in [-0.05, 0) is 45.1 Å². The van der Waals surface area contributed by atoms with Gasteiger partial charge < -0.3 is 10.1 Å². The van der Waals surface area contributed by atoms with Crippen LogP contribution in [0, 0.1) is 5.41 Å². The molecule has 1 rings (SSSR count). The molecule has 1 fully saturated rings. The molecule has 0 aromatic carbocycles. The average Bonchev–Trinajstić information content (AvgIpc) is 2.63. The molecule has 1 N–H and O–H groups in total. The van der Waals surface area contributed by atoms with Crippen LogP contribution >= 0.6 is 0 Å². The molecule has 0 saturated heterocycles. The van der Waals surface area contributed by atoms with Crippen molar-refractivity contribution in [3.05, 3.63) is 0 Å². The van der Waals surface area contributed by atoms with Crippen LogP contribution in [0.2, 0.25) is 0 Å². The van der Waals surface area contributed by atoms with Crippen LogP contribution in [0.5, 0.6) is 0 Å². The van der Waals surface area contributed by atoms with Crippen molar-refractivity contribution in [1.29, 1.82) is 0 Å². The Bertz CT molecular complexity index is 141. The molecule has 0 unspecified atom stereocenters. The predicted octanol–water partition coefficient (Wildman–Crippen LogP) is 2.58. The van der Waals surface area contributed by atoms with E-state index < -0.39 is 0 Å². The van der Waals surface area contributed by atoms with Gasteiger partial charge in [0, 0.05) is 19.8 Å². The number of hydrogen-bond donors (Lipinski definition) is 1. The maximum Gasteiger partial charge on any atom is 0.0466 e. The Kier molecular flexibility index (Phi) is 5.49. The number of nitrogens with one attached hydrogen (secondary N) is 1. The molecule has 0 radical (unpaired) electrons.